The molecule has 10 aromatic carbocycles. The van der Waals surface area contributed by atoms with Gasteiger partial charge in [0.25, 0.3) is 0 Å². The van der Waals surface area contributed by atoms with Gasteiger partial charge in [0.05, 0.1) is 5.41 Å². The Kier molecular flexibility index (Phi) is 6.62. The third-order valence-corrected chi connectivity index (χ3v) is 12.3. The van der Waals surface area contributed by atoms with Crippen molar-refractivity contribution in [1.29, 1.82) is 0 Å². The first-order valence-electron chi connectivity index (χ1n) is 19.4. The fraction of sp³-hybridized carbons (Fsp3) is 0.0182. The predicted molar refractivity (Wildman–Crippen MR) is 234 cm³/mol. The number of benzene rings is 10. The largest absolute Gasteiger partial charge is 0.455 e. The maximum Gasteiger partial charge on any atom is 0.143 e. The second kappa shape index (κ2) is 11.9. The van der Waals surface area contributed by atoms with E-state index in [9.17, 15) is 0 Å². The summed E-state index contributed by atoms with van der Waals surface area (Å²) in [6.45, 7) is 0. The van der Waals surface area contributed by atoms with E-state index in [4.69, 9.17) is 4.42 Å². The zero-order chi connectivity index (χ0) is 36.8. The molecule has 1 aliphatic rings. The topological polar surface area (TPSA) is 13.1 Å². The molecule has 1 heterocycles. The van der Waals surface area contributed by atoms with Crippen molar-refractivity contribution in [3.63, 3.8) is 0 Å². The van der Waals surface area contributed by atoms with Crippen LogP contribution in [0.1, 0.15) is 22.3 Å². The van der Waals surface area contributed by atoms with Gasteiger partial charge in [-0.25, -0.2) is 0 Å². The first kappa shape index (κ1) is 31.2. The summed E-state index contributed by atoms with van der Waals surface area (Å²) < 4.78 is 6.68. The van der Waals surface area contributed by atoms with Crippen LogP contribution in [0.4, 0.5) is 0 Å². The number of furan rings is 1. The van der Waals surface area contributed by atoms with Crippen molar-refractivity contribution in [2.75, 3.05) is 0 Å². The van der Waals surface area contributed by atoms with E-state index in [0.717, 1.165) is 27.3 Å². The smallest absolute Gasteiger partial charge is 0.143 e. The van der Waals surface area contributed by atoms with Crippen LogP contribution in [0.3, 0.4) is 0 Å². The summed E-state index contributed by atoms with van der Waals surface area (Å²) in [6, 6.07) is 76.0. The molecule has 1 aromatic heterocycles. The first-order valence-corrected chi connectivity index (χ1v) is 19.4. The molecule has 0 saturated heterocycles. The Hall–Kier alpha value is -7.22. The minimum Gasteiger partial charge on any atom is -0.455 e. The van der Waals surface area contributed by atoms with Gasteiger partial charge >= 0.3 is 0 Å². The fourth-order valence-electron chi connectivity index (χ4n) is 10.0. The second-order valence-electron chi connectivity index (χ2n) is 15.1. The van der Waals surface area contributed by atoms with Crippen LogP contribution in [0.2, 0.25) is 0 Å². The molecule has 0 amide bonds. The molecule has 0 unspecified atom stereocenters. The van der Waals surface area contributed by atoms with Gasteiger partial charge in [0, 0.05) is 16.2 Å². The molecule has 1 aliphatic carbocycles. The molecule has 0 saturated carbocycles. The van der Waals surface area contributed by atoms with Crippen molar-refractivity contribution < 1.29 is 4.42 Å². The van der Waals surface area contributed by atoms with E-state index < -0.39 is 5.41 Å². The van der Waals surface area contributed by atoms with Gasteiger partial charge in [0.1, 0.15) is 11.2 Å². The molecule has 260 valence electrons. The maximum absolute atomic E-state index is 6.68. The van der Waals surface area contributed by atoms with E-state index in [-0.39, 0.29) is 0 Å². The van der Waals surface area contributed by atoms with Gasteiger partial charge in [-0.05, 0) is 107 Å². The Morgan fingerprint density at radius 3 is 1.77 bits per heavy atom. The van der Waals surface area contributed by atoms with Crippen molar-refractivity contribution in [2.45, 2.75) is 5.41 Å². The molecule has 56 heavy (non-hydrogen) atoms. The summed E-state index contributed by atoms with van der Waals surface area (Å²) in [5.41, 5.74) is 13.9. The van der Waals surface area contributed by atoms with Gasteiger partial charge in [-0.15, -0.1) is 0 Å². The van der Waals surface area contributed by atoms with Crippen LogP contribution in [0.15, 0.2) is 211 Å². The van der Waals surface area contributed by atoms with Crippen molar-refractivity contribution in [1.82, 2.24) is 0 Å². The van der Waals surface area contributed by atoms with Gasteiger partial charge < -0.3 is 4.42 Å². The highest BCUT2D eigenvalue weighted by atomic mass is 16.3. The number of hydrogen-bond acceptors (Lipinski definition) is 1. The van der Waals surface area contributed by atoms with Crippen LogP contribution in [0.5, 0.6) is 0 Å². The van der Waals surface area contributed by atoms with Gasteiger partial charge in [0.15, 0.2) is 0 Å². The number of fused-ring (bicyclic) bond motifs is 11. The van der Waals surface area contributed by atoms with Gasteiger partial charge in [0.2, 0.25) is 0 Å². The van der Waals surface area contributed by atoms with Crippen molar-refractivity contribution in [3.8, 4) is 33.4 Å². The molecule has 0 atom stereocenters. The van der Waals surface area contributed by atoms with Crippen LogP contribution in [0, 0.1) is 0 Å². The molecule has 0 fully saturated rings. The molecule has 0 spiro atoms. The number of hydrogen-bond donors (Lipinski definition) is 0. The highest BCUT2D eigenvalue weighted by molar-refractivity contribution is 6.20. The summed E-state index contributed by atoms with van der Waals surface area (Å²) in [7, 11) is 0. The minimum absolute atomic E-state index is 0.570. The highest BCUT2D eigenvalue weighted by Gasteiger charge is 2.48. The minimum atomic E-state index is -0.570. The van der Waals surface area contributed by atoms with Crippen LogP contribution in [-0.2, 0) is 5.41 Å². The molecule has 11 aromatic rings. The Morgan fingerprint density at radius 1 is 0.357 bits per heavy atom. The summed E-state index contributed by atoms with van der Waals surface area (Å²) >= 11 is 0. The van der Waals surface area contributed by atoms with Crippen LogP contribution in [0.25, 0.3) is 87.6 Å². The Morgan fingerprint density at radius 2 is 0.964 bits per heavy atom. The maximum atomic E-state index is 6.68. The molecule has 0 radical (unpaired) electrons. The SMILES string of the molecule is c1ccc(C2(c3ccccc3)c3ccccc3-c3c(-c4cccc5ccccc45)cc4ccc(-c5cccc6oc7c8ccccc8ccc7c56)cc4c32)cc1. The summed E-state index contributed by atoms with van der Waals surface area (Å²) in [5.74, 6) is 0. The highest BCUT2D eigenvalue weighted by Crippen LogP contribution is 2.61. The van der Waals surface area contributed by atoms with E-state index in [1.165, 1.54) is 82.6 Å². The average molecular weight is 711 g/mol. The molecule has 1 nitrogen and oxygen atoms in total. The van der Waals surface area contributed by atoms with E-state index >= 15 is 0 Å². The third kappa shape index (κ3) is 4.26. The Balaban J connectivity index is 1.25. The number of rotatable bonds is 4. The predicted octanol–water partition coefficient (Wildman–Crippen LogP) is 14.7. The fourth-order valence-corrected chi connectivity index (χ4v) is 10.0. The normalized spacial score (nSPS) is 13.1. The van der Waals surface area contributed by atoms with Crippen molar-refractivity contribution in [3.05, 3.63) is 229 Å². The standard InChI is InChI=1S/C55H34O/c1-3-18-39(19-4-1)55(40-20-5-2-6-21-40)49-27-12-11-24-45(49)52-48(44-26-13-17-35-15-7-9-22-41(35)44)34-38-30-29-37(33-47(38)53(52)55)42-25-14-28-50-51(42)46-32-31-36-16-8-10-23-43(36)54(46)56-50/h1-34H. The molecule has 0 bridgehead atoms. The lowest BCUT2D eigenvalue weighted by atomic mass is 9.66. The zero-order valence-corrected chi connectivity index (χ0v) is 30.5. The quantitative estimate of drug-likeness (QED) is 0.177. The summed E-state index contributed by atoms with van der Waals surface area (Å²) in [6.07, 6.45) is 0. The van der Waals surface area contributed by atoms with E-state index in [0.29, 0.717) is 0 Å². The van der Waals surface area contributed by atoms with Crippen LogP contribution < -0.4 is 0 Å². The van der Waals surface area contributed by atoms with Gasteiger partial charge in [-0.3, -0.25) is 0 Å². The monoisotopic (exact) mass is 710 g/mol. The Labute approximate surface area is 324 Å². The molecular weight excluding hydrogens is 677 g/mol. The third-order valence-electron chi connectivity index (χ3n) is 12.3. The first-order chi connectivity index (χ1) is 27.8. The zero-order valence-electron chi connectivity index (χ0n) is 30.5. The second-order valence-corrected chi connectivity index (χ2v) is 15.1. The van der Waals surface area contributed by atoms with Crippen molar-refractivity contribution in [2.24, 2.45) is 0 Å². The molecule has 0 N–H and O–H groups in total. The molecular formula is C55H34O. The summed E-state index contributed by atoms with van der Waals surface area (Å²) in [4.78, 5) is 0. The van der Waals surface area contributed by atoms with E-state index in [1.807, 2.05) is 0 Å². The van der Waals surface area contributed by atoms with Crippen molar-refractivity contribution >= 4 is 54.3 Å². The van der Waals surface area contributed by atoms with Crippen LogP contribution in [-0.4, -0.2) is 0 Å². The lowest BCUT2D eigenvalue weighted by Gasteiger charge is -2.35. The van der Waals surface area contributed by atoms with Gasteiger partial charge in [-0.1, -0.05) is 182 Å². The molecule has 0 aliphatic heterocycles. The molecule has 1 heteroatoms. The lowest BCUT2D eigenvalue weighted by Crippen LogP contribution is -2.28. The summed E-state index contributed by atoms with van der Waals surface area (Å²) in [5, 5.41) is 9.58. The van der Waals surface area contributed by atoms with Crippen LogP contribution >= 0.6 is 0 Å². The Bertz CT molecular complexity index is 3310. The van der Waals surface area contributed by atoms with Gasteiger partial charge in [-0.2, -0.15) is 0 Å². The average Bonchev–Trinajstić information content (AvgIpc) is 3.82. The lowest BCUT2D eigenvalue weighted by molar-refractivity contribution is 0.673. The van der Waals surface area contributed by atoms with E-state index in [2.05, 4.69) is 206 Å². The van der Waals surface area contributed by atoms with E-state index in [1.54, 1.807) is 0 Å². The molecule has 12 rings (SSSR count).